The van der Waals surface area contributed by atoms with Gasteiger partial charge in [0.2, 0.25) is 0 Å². The number of ether oxygens (including phenoxy) is 4. The molecule has 7 atom stereocenters. The van der Waals surface area contributed by atoms with E-state index in [9.17, 15) is 43.2 Å². The van der Waals surface area contributed by atoms with Crippen molar-refractivity contribution in [2.75, 3.05) is 39.6 Å². The molecule has 0 aliphatic heterocycles. The Morgan fingerprint density at radius 3 is 0.747 bits per heavy atom. The van der Waals surface area contributed by atoms with Gasteiger partial charge < -0.3 is 33.8 Å². The average molecular weight is 1400 g/mol. The number of carbonyl (C=O) groups excluding carboxylic acids is 4. The number of hydrogen-bond acceptors (Lipinski definition) is 15. The lowest BCUT2D eigenvalue weighted by atomic mass is 9.99. The summed E-state index contributed by atoms with van der Waals surface area (Å²) in [7, 11) is -9.92. The molecule has 0 spiro atoms. The summed E-state index contributed by atoms with van der Waals surface area (Å²) in [6.45, 7) is 14.2. The molecule has 19 heteroatoms. The molecule has 3 N–H and O–H groups in total. The molecule has 95 heavy (non-hydrogen) atoms. The molecule has 0 amide bonds. The van der Waals surface area contributed by atoms with Crippen molar-refractivity contribution < 1.29 is 80.2 Å². The highest BCUT2D eigenvalue weighted by atomic mass is 31.2. The lowest BCUT2D eigenvalue weighted by Crippen LogP contribution is -2.30. The van der Waals surface area contributed by atoms with Gasteiger partial charge in [0, 0.05) is 25.7 Å². The maximum atomic E-state index is 13.1. The van der Waals surface area contributed by atoms with Crippen molar-refractivity contribution in [3.63, 3.8) is 0 Å². The van der Waals surface area contributed by atoms with Crippen LogP contribution in [0.25, 0.3) is 0 Å². The smallest absolute Gasteiger partial charge is 0.462 e. The van der Waals surface area contributed by atoms with Crippen molar-refractivity contribution in [2.45, 2.75) is 401 Å². The quantitative estimate of drug-likeness (QED) is 0.0222. The van der Waals surface area contributed by atoms with Crippen LogP contribution < -0.4 is 0 Å². The van der Waals surface area contributed by atoms with E-state index in [4.69, 9.17) is 37.0 Å². The molecule has 0 saturated carbocycles. The number of hydrogen-bond donors (Lipinski definition) is 3. The zero-order valence-corrected chi connectivity index (χ0v) is 64.1. The number of aliphatic hydroxyl groups is 1. The molecular weight excluding hydrogens is 1250 g/mol. The summed E-state index contributed by atoms with van der Waals surface area (Å²) in [5, 5.41) is 10.6. The van der Waals surface area contributed by atoms with Crippen LogP contribution in [0.15, 0.2) is 0 Å². The standard InChI is InChI=1S/C76H148O17P2/c1-9-68(7)54-46-38-30-24-26-33-41-49-57-74(79)87-63-72(93-76(81)59-51-43-35-27-25-31-39-47-55-69(8)10-2)65-91-95(84,85)89-61-70(77)60-88-94(82,83)90-64-71(62-86-73(78)56-48-40-32-22-18-15-14-17-21-29-37-45-53-67(5)6)92-75(80)58-50-42-34-23-19-13-11-12-16-20-28-36-44-52-66(3)4/h66-72,77H,9-65H2,1-8H3,(H,82,83)(H,84,85)/t68?,69?,70-,71-,72-/m1/s1. The molecule has 0 radical (unpaired) electrons. The van der Waals surface area contributed by atoms with E-state index in [2.05, 4.69) is 55.4 Å². The van der Waals surface area contributed by atoms with Gasteiger partial charge in [0.25, 0.3) is 0 Å². The Labute approximate surface area is 581 Å². The second kappa shape index (κ2) is 65.4. The largest absolute Gasteiger partial charge is 0.472 e. The molecule has 0 saturated heterocycles. The first-order valence-corrected chi connectivity index (χ1v) is 42.3. The number of aliphatic hydroxyl groups excluding tert-OH is 1. The van der Waals surface area contributed by atoms with Crippen LogP contribution in [0, 0.1) is 23.7 Å². The lowest BCUT2D eigenvalue weighted by Gasteiger charge is -2.21. The summed E-state index contributed by atoms with van der Waals surface area (Å²) in [6.07, 6.45) is 49.8. The molecule has 0 aromatic rings. The molecule has 0 bridgehead atoms. The minimum atomic E-state index is -4.96. The summed E-state index contributed by atoms with van der Waals surface area (Å²) < 4.78 is 68.6. The first kappa shape index (κ1) is 93.1. The van der Waals surface area contributed by atoms with Crippen molar-refractivity contribution in [2.24, 2.45) is 23.7 Å². The van der Waals surface area contributed by atoms with E-state index < -0.39 is 97.5 Å². The van der Waals surface area contributed by atoms with Crippen molar-refractivity contribution in [3.05, 3.63) is 0 Å². The summed E-state index contributed by atoms with van der Waals surface area (Å²) >= 11 is 0. The molecule has 0 aromatic heterocycles. The second-order valence-corrected chi connectivity index (χ2v) is 31.7. The van der Waals surface area contributed by atoms with Gasteiger partial charge in [0.1, 0.15) is 19.3 Å². The molecule has 0 heterocycles. The predicted octanol–water partition coefficient (Wildman–Crippen LogP) is 22.0. The first-order valence-electron chi connectivity index (χ1n) is 39.3. The maximum Gasteiger partial charge on any atom is 0.472 e. The molecule has 0 aliphatic rings. The Morgan fingerprint density at radius 1 is 0.295 bits per heavy atom. The SMILES string of the molecule is CCC(C)CCCCCCCCCCC(=O)OC[C@H](COP(=O)(O)OC[C@H](O)COP(=O)(O)OC[C@@H](COC(=O)CCCCCCCCCCCCCCC(C)C)OC(=O)CCCCCCCCCCCCCCCC(C)C)OC(=O)CCCCCCCCCCC(C)CC. The lowest BCUT2D eigenvalue weighted by molar-refractivity contribution is -0.161. The van der Waals surface area contributed by atoms with Crippen molar-refractivity contribution in [1.29, 1.82) is 0 Å². The van der Waals surface area contributed by atoms with Gasteiger partial charge in [-0.2, -0.15) is 0 Å². The monoisotopic (exact) mass is 1400 g/mol. The highest BCUT2D eigenvalue weighted by Gasteiger charge is 2.30. The third-order valence-electron chi connectivity index (χ3n) is 18.3. The Kier molecular flexibility index (Phi) is 64.0. The minimum absolute atomic E-state index is 0.104. The zero-order chi connectivity index (χ0) is 70.3. The van der Waals surface area contributed by atoms with Crippen LogP contribution in [0.1, 0.15) is 383 Å². The Morgan fingerprint density at radius 2 is 0.505 bits per heavy atom. The highest BCUT2D eigenvalue weighted by Crippen LogP contribution is 2.45. The minimum Gasteiger partial charge on any atom is -0.462 e. The topological polar surface area (TPSA) is 237 Å². The molecule has 0 aromatic carbocycles. The van der Waals surface area contributed by atoms with Gasteiger partial charge in [-0.05, 0) is 49.4 Å². The van der Waals surface area contributed by atoms with E-state index >= 15 is 0 Å². The molecule has 0 aliphatic carbocycles. The fraction of sp³-hybridized carbons (Fsp3) is 0.947. The van der Waals surface area contributed by atoms with Crippen LogP contribution in [-0.4, -0.2) is 96.7 Å². The molecule has 564 valence electrons. The number of phosphoric ester groups is 2. The van der Waals surface area contributed by atoms with E-state index in [0.717, 1.165) is 114 Å². The summed E-state index contributed by atoms with van der Waals surface area (Å²) in [5.41, 5.74) is 0. The van der Waals surface area contributed by atoms with Crippen LogP contribution in [0.5, 0.6) is 0 Å². The Hall–Kier alpha value is -1.94. The molecule has 17 nitrogen and oxygen atoms in total. The van der Waals surface area contributed by atoms with Crippen LogP contribution in [-0.2, 0) is 65.4 Å². The second-order valence-electron chi connectivity index (χ2n) is 28.8. The van der Waals surface area contributed by atoms with Crippen LogP contribution in [0.3, 0.4) is 0 Å². The first-order chi connectivity index (χ1) is 45.7. The third kappa shape index (κ3) is 67.6. The van der Waals surface area contributed by atoms with Gasteiger partial charge in [0.05, 0.1) is 26.4 Å². The zero-order valence-electron chi connectivity index (χ0n) is 62.3. The molecule has 4 unspecified atom stereocenters. The highest BCUT2D eigenvalue weighted by molar-refractivity contribution is 7.47. The number of carbonyl (C=O) groups is 4. The summed E-state index contributed by atoms with van der Waals surface area (Å²) in [4.78, 5) is 72.9. The molecule has 0 fully saturated rings. The van der Waals surface area contributed by atoms with Gasteiger partial charge >= 0.3 is 39.5 Å². The fourth-order valence-electron chi connectivity index (χ4n) is 11.5. The van der Waals surface area contributed by atoms with Gasteiger partial charge in [-0.3, -0.25) is 37.3 Å². The van der Waals surface area contributed by atoms with E-state index in [1.165, 1.54) is 186 Å². The van der Waals surface area contributed by atoms with Crippen LogP contribution >= 0.6 is 15.6 Å². The number of esters is 4. The number of phosphoric acid groups is 2. The maximum absolute atomic E-state index is 13.1. The Bertz CT molecular complexity index is 1870. The van der Waals surface area contributed by atoms with Crippen LogP contribution in [0.4, 0.5) is 0 Å². The van der Waals surface area contributed by atoms with E-state index in [1.54, 1.807) is 0 Å². The number of rotatable bonds is 73. The molecular formula is C76H148O17P2. The van der Waals surface area contributed by atoms with Gasteiger partial charge in [-0.15, -0.1) is 0 Å². The summed E-state index contributed by atoms with van der Waals surface area (Å²) in [6, 6.07) is 0. The average Bonchev–Trinajstić information content (AvgIpc) is 1.34. The van der Waals surface area contributed by atoms with Crippen molar-refractivity contribution in [3.8, 4) is 0 Å². The normalized spacial score (nSPS) is 14.7. The fourth-order valence-corrected chi connectivity index (χ4v) is 13.1. The number of unbranched alkanes of at least 4 members (excludes halogenated alkanes) is 37. The van der Waals surface area contributed by atoms with E-state index in [1.807, 2.05) is 0 Å². The third-order valence-corrected chi connectivity index (χ3v) is 20.2. The van der Waals surface area contributed by atoms with Crippen molar-refractivity contribution >= 4 is 39.5 Å². The summed E-state index contributed by atoms with van der Waals surface area (Å²) in [5.74, 6) is 0.994. The van der Waals surface area contributed by atoms with E-state index in [0.29, 0.717) is 25.7 Å². The van der Waals surface area contributed by atoms with Crippen molar-refractivity contribution in [1.82, 2.24) is 0 Å². The van der Waals surface area contributed by atoms with E-state index in [-0.39, 0.29) is 25.7 Å². The predicted molar refractivity (Wildman–Crippen MR) is 386 cm³/mol. The Balaban J connectivity index is 5.28. The van der Waals surface area contributed by atoms with Gasteiger partial charge in [0.15, 0.2) is 12.2 Å². The van der Waals surface area contributed by atoms with Gasteiger partial charge in [-0.25, -0.2) is 9.13 Å². The van der Waals surface area contributed by atoms with Gasteiger partial charge in [-0.1, -0.05) is 331 Å². The van der Waals surface area contributed by atoms with Crippen LogP contribution in [0.2, 0.25) is 0 Å². The molecule has 0 rings (SSSR count).